The smallest absolute Gasteiger partial charge is 0.251 e. The first-order chi connectivity index (χ1) is 14.0. The van der Waals surface area contributed by atoms with Crippen molar-refractivity contribution < 1.29 is 4.79 Å². The van der Waals surface area contributed by atoms with E-state index in [1.807, 2.05) is 18.2 Å². The third kappa shape index (κ3) is 4.14. The third-order valence-electron chi connectivity index (χ3n) is 4.88. The normalized spacial score (nSPS) is 11.0. The number of nitrogens with one attached hydrogen (secondary N) is 2. The fourth-order valence-electron chi connectivity index (χ4n) is 3.30. The van der Waals surface area contributed by atoms with Crippen LogP contribution in [0.5, 0.6) is 0 Å². The van der Waals surface area contributed by atoms with E-state index in [0.29, 0.717) is 33.5 Å². The van der Waals surface area contributed by atoms with E-state index in [4.69, 9.17) is 23.2 Å². The van der Waals surface area contributed by atoms with Crippen LogP contribution >= 0.6 is 23.2 Å². The molecule has 0 aliphatic rings. The molecular formula is C23H19Cl2N3O. The zero-order chi connectivity index (χ0) is 20.4. The lowest BCUT2D eigenvalue weighted by Gasteiger charge is -2.07. The molecule has 6 heteroatoms. The molecule has 0 spiro atoms. The van der Waals surface area contributed by atoms with Crippen LogP contribution in [0.4, 0.5) is 0 Å². The Morgan fingerprint density at radius 2 is 1.79 bits per heavy atom. The number of halogens is 2. The van der Waals surface area contributed by atoms with Crippen molar-refractivity contribution in [1.29, 1.82) is 0 Å². The summed E-state index contributed by atoms with van der Waals surface area (Å²) in [6.07, 6.45) is 0.792. The van der Waals surface area contributed by atoms with Crippen molar-refractivity contribution in [2.75, 3.05) is 6.54 Å². The number of rotatable bonds is 5. The number of fused-ring (bicyclic) bond motifs is 1. The number of benzene rings is 3. The first-order valence-corrected chi connectivity index (χ1v) is 10.1. The summed E-state index contributed by atoms with van der Waals surface area (Å²) in [6.45, 7) is 2.65. The van der Waals surface area contributed by atoms with Gasteiger partial charge in [-0.3, -0.25) is 4.79 Å². The molecule has 4 aromatic rings. The number of imidazole rings is 1. The number of H-pyrrole nitrogens is 1. The number of aromatic nitrogens is 2. The molecule has 0 radical (unpaired) electrons. The van der Waals surface area contributed by atoms with Gasteiger partial charge in [0.05, 0.1) is 26.6 Å². The van der Waals surface area contributed by atoms with Crippen molar-refractivity contribution in [2.45, 2.75) is 13.3 Å². The molecule has 0 aliphatic carbocycles. The van der Waals surface area contributed by atoms with Gasteiger partial charge in [0.1, 0.15) is 5.82 Å². The van der Waals surface area contributed by atoms with Crippen LogP contribution in [0, 0.1) is 6.92 Å². The largest absolute Gasteiger partial charge is 0.352 e. The van der Waals surface area contributed by atoms with Crippen molar-refractivity contribution in [3.63, 3.8) is 0 Å². The van der Waals surface area contributed by atoms with E-state index in [2.05, 4.69) is 34.3 Å². The summed E-state index contributed by atoms with van der Waals surface area (Å²) in [5.74, 6) is 0.458. The minimum absolute atomic E-state index is 0.118. The van der Waals surface area contributed by atoms with Crippen molar-refractivity contribution in [3.05, 3.63) is 87.4 Å². The maximum atomic E-state index is 12.6. The molecule has 1 aromatic heterocycles. The number of carbonyl (C=O) groups is 1. The highest BCUT2D eigenvalue weighted by molar-refractivity contribution is 6.39. The Hall–Kier alpha value is -2.82. The van der Waals surface area contributed by atoms with Crippen molar-refractivity contribution in [2.24, 2.45) is 0 Å². The van der Waals surface area contributed by atoms with Gasteiger partial charge in [0.15, 0.2) is 0 Å². The Labute approximate surface area is 178 Å². The van der Waals surface area contributed by atoms with Gasteiger partial charge in [0.2, 0.25) is 0 Å². The third-order valence-corrected chi connectivity index (χ3v) is 5.51. The van der Waals surface area contributed by atoms with E-state index in [1.165, 1.54) is 11.1 Å². The standard InChI is InChI=1S/C23H19Cl2N3O/c1-14-5-2-3-6-15(14)11-12-26-23(29)16-9-10-19-20(13-16)28-22(27-19)21-17(24)7-4-8-18(21)25/h2-10,13H,11-12H2,1H3,(H,26,29)(H,27,28). The number of aromatic amines is 1. The molecule has 0 unspecified atom stereocenters. The zero-order valence-electron chi connectivity index (χ0n) is 15.8. The van der Waals surface area contributed by atoms with Crippen LogP contribution in [-0.2, 0) is 6.42 Å². The van der Waals surface area contributed by atoms with Gasteiger partial charge in [-0.25, -0.2) is 4.98 Å². The van der Waals surface area contributed by atoms with Crippen molar-refractivity contribution in [1.82, 2.24) is 15.3 Å². The topological polar surface area (TPSA) is 57.8 Å². The predicted molar refractivity (Wildman–Crippen MR) is 119 cm³/mol. The summed E-state index contributed by atoms with van der Waals surface area (Å²) < 4.78 is 0. The lowest BCUT2D eigenvalue weighted by Crippen LogP contribution is -2.25. The fourth-order valence-corrected chi connectivity index (χ4v) is 3.87. The van der Waals surface area contributed by atoms with Gasteiger partial charge in [-0.05, 0) is 54.8 Å². The Balaban J connectivity index is 1.51. The van der Waals surface area contributed by atoms with Gasteiger partial charge >= 0.3 is 0 Å². The molecule has 3 aromatic carbocycles. The molecule has 1 heterocycles. The van der Waals surface area contributed by atoms with E-state index in [9.17, 15) is 4.79 Å². The number of nitrogens with zero attached hydrogens (tertiary/aromatic N) is 1. The van der Waals surface area contributed by atoms with Crippen LogP contribution in [0.3, 0.4) is 0 Å². The molecule has 29 heavy (non-hydrogen) atoms. The van der Waals surface area contributed by atoms with Crippen LogP contribution in [0.2, 0.25) is 10.0 Å². The predicted octanol–water partition coefficient (Wildman–Crippen LogP) is 5.82. The van der Waals surface area contributed by atoms with Gasteiger partial charge in [0, 0.05) is 12.1 Å². The summed E-state index contributed by atoms with van der Waals surface area (Å²) in [5.41, 5.74) is 5.18. The summed E-state index contributed by atoms with van der Waals surface area (Å²) in [7, 11) is 0. The minimum Gasteiger partial charge on any atom is -0.352 e. The van der Waals surface area contributed by atoms with Crippen LogP contribution < -0.4 is 5.32 Å². The van der Waals surface area contributed by atoms with Gasteiger partial charge in [-0.1, -0.05) is 53.5 Å². The van der Waals surface area contributed by atoms with E-state index >= 15 is 0 Å². The van der Waals surface area contributed by atoms with Crippen LogP contribution in [0.25, 0.3) is 22.4 Å². The van der Waals surface area contributed by atoms with E-state index in [0.717, 1.165) is 17.5 Å². The quantitative estimate of drug-likeness (QED) is 0.424. The van der Waals surface area contributed by atoms with Crippen molar-refractivity contribution >= 4 is 40.1 Å². The monoisotopic (exact) mass is 423 g/mol. The second-order valence-electron chi connectivity index (χ2n) is 6.85. The molecule has 1 amide bonds. The van der Waals surface area contributed by atoms with Crippen molar-refractivity contribution in [3.8, 4) is 11.4 Å². The summed E-state index contributed by atoms with van der Waals surface area (Å²) in [6, 6.07) is 18.9. The molecule has 0 atom stereocenters. The first kappa shape index (κ1) is 19.5. The maximum absolute atomic E-state index is 12.6. The SMILES string of the molecule is Cc1ccccc1CCNC(=O)c1ccc2nc(-c3c(Cl)cccc3Cl)[nH]c2c1. The average Bonchev–Trinajstić information content (AvgIpc) is 3.12. The number of amides is 1. The van der Waals surface area contributed by atoms with E-state index < -0.39 is 0 Å². The molecule has 0 fully saturated rings. The lowest BCUT2D eigenvalue weighted by atomic mass is 10.1. The maximum Gasteiger partial charge on any atom is 0.251 e. The molecule has 146 valence electrons. The highest BCUT2D eigenvalue weighted by Gasteiger charge is 2.14. The van der Waals surface area contributed by atoms with Crippen LogP contribution in [0.1, 0.15) is 21.5 Å². The molecule has 0 saturated heterocycles. The molecule has 0 aliphatic heterocycles. The Kier molecular flexibility index (Phi) is 5.56. The molecule has 0 bridgehead atoms. The van der Waals surface area contributed by atoms with Gasteiger partial charge in [0.25, 0.3) is 5.91 Å². The van der Waals surface area contributed by atoms with Gasteiger partial charge in [-0.15, -0.1) is 0 Å². The number of carbonyl (C=O) groups excluding carboxylic acids is 1. The number of aryl methyl sites for hydroxylation is 1. The lowest BCUT2D eigenvalue weighted by molar-refractivity contribution is 0.0954. The number of hydrogen-bond acceptors (Lipinski definition) is 2. The van der Waals surface area contributed by atoms with E-state index in [-0.39, 0.29) is 5.91 Å². The van der Waals surface area contributed by atoms with Crippen LogP contribution in [-0.4, -0.2) is 22.4 Å². The van der Waals surface area contributed by atoms with E-state index in [1.54, 1.807) is 30.3 Å². The second-order valence-corrected chi connectivity index (χ2v) is 7.66. The summed E-state index contributed by atoms with van der Waals surface area (Å²) in [5, 5.41) is 4.02. The Bertz CT molecular complexity index is 1180. The number of hydrogen-bond donors (Lipinski definition) is 2. The minimum atomic E-state index is -0.118. The average molecular weight is 424 g/mol. The fraction of sp³-hybridized carbons (Fsp3) is 0.130. The van der Waals surface area contributed by atoms with Gasteiger partial charge in [-0.2, -0.15) is 0 Å². The van der Waals surface area contributed by atoms with Crippen LogP contribution in [0.15, 0.2) is 60.7 Å². The second kappa shape index (κ2) is 8.27. The highest BCUT2D eigenvalue weighted by Crippen LogP contribution is 2.33. The molecule has 4 rings (SSSR count). The Morgan fingerprint density at radius 3 is 2.55 bits per heavy atom. The summed E-state index contributed by atoms with van der Waals surface area (Å²) >= 11 is 12.6. The Morgan fingerprint density at radius 1 is 1.03 bits per heavy atom. The highest BCUT2D eigenvalue weighted by atomic mass is 35.5. The molecule has 4 nitrogen and oxygen atoms in total. The van der Waals surface area contributed by atoms with Gasteiger partial charge < -0.3 is 10.3 Å². The first-order valence-electron chi connectivity index (χ1n) is 9.30. The molecular weight excluding hydrogens is 405 g/mol. The summed E-state index contributed by atoms with van der Waals surface area (Å²) in [4.78, 5) is 20.3. The molecule has 2 N–H and O–H groups in total. The molecule has 0 saturated carbocycles. The zero-order valence-corrected chi connectivity index (χ0v) is 17.3.